The molecule has 0 aromatic heterocycles. The Balaban J connectivity index is 2.35. The average molecular weight is 198 g/mol. The van der Waals surface area contributed by atoms with Crippen molar-refractivity contribution in [2.45, 2.75) is 58.5 Å². The second-order valence-electron chi connectivity index (χ2n) is 4.39. The maximum Gasteiger partial charge on any atom is 0.00111 e. The largest absolute Gasteiger partial charge is 0.105 e. The van der Waals surface area contributed by atoms with Gasteiger partial charge in [0.1, 0.15) is 0 Å². The molecule has 0 heterocycles. The lowest BCUT2D eigenvalue weighted by Crippen LogP contribution is -2.02. The second-order valence-corrected chi connectivity index (χ2v) is 5.78. The van der Waals surface area contributed by atoms with E-state index in [1.165, 1.54) is 32.1 Å². The maximum absolute atomic E-state index is 2.45. The molecule has 0 radical (unpaired) electrons. The first kappa shape index (κ1) is 11.2. The van der Waals surface area contributed by atoms with Crippen LogP contribution in [0.5, 0.6) is 0 Å². The van der Waals surface area contributed by atoms with Gasteiger partial charge in [0.05, 0.1) is 0 Å². The van der Waals surface area contributed by atoms with Gasteiger partial charge in [-0.15, -0.1) is 8.20 Å². The third-order valence-corrected chi connectivity index (χ3v) is 4.60. The number of hydrogen-bond donors (Lipinski definition) is 0. The molecule has 1 aliphatic rings. The zero-order valence-corrected chi connectivity index (χ0v) is 10.2. The Kier molecular flexibility index (Phi) is 5.02. The highest BCUT2D eigenvalue weighted by Gasteiger charge is 2.28. The van der Waals surface area contributed by atoms with Crippen LogP contribution >= 0.6 is 8.20 Å². The van der Waals surface area contributed by atoms with E-state index in [1.54, 1.807) is 8.20 Å². The van der Waals surface area contributed by atoms with Crippen LogP contribution in [0, 0.1) is 11.8 Å². The van der Waals surface area contributed by atoms with E-state index >= 15 is 0 Å². The van der Waals surface area contributed by atoms with Gasteiger partial charge in [0.25, 0.3) is 0 Å². The van der Waals surface area contributed by atoms with Crippen LogP contribution in [0.3, 0.4) is 0 Å². The molecule has 0 spiro atoms. The van der Waals surface area contributed by atoms with Crippen molar-refractivity contribution in [2.75, 3.05) is 0 Å². The molecule has 1 rings (SSSR count). The van der Waals surface area contributed by atoms with Gasteiger partial charge in [0.15, 0.2) is 0 Å². The summed E-state index contributed by atoms with van der Waals surface area (Å²) >= 11 is 0. The van der Waals surface area contributed by atoms with Crippen LogP contribution in [0.4, 0.5) is 0 Å². The molecule has 0 aromatic carbocycles. The van der Waals surface area contributed by atoms with Crippen molar-refractivity contribution in [1.29, 1.82) is 0 Å². The third-order valence-electron chi connectivity index (χ3n) is 3.18. The fraction of sp³-hybridized carbons (Fsp3) is 0.917. The molecule has 0 nitrogen and oxygen atoms in total. The lowest BCUT2D eigenvalue weighted by atomic mass is 9.94. The van der Waals surface area contributed by atoms with Crippen LogP contribution < -0.4 is 0 Å². The maximum atomic E-state index is 2.45. The van der Waals surface area contributed by atoms with Gasteiger partial charge in [0, 0.05) is 5.66 Å². The molecular weight excluding hydrogens is 175 g/mol. The summed E-state index contributed by atoms with van der Waals surface area (Å²) in [5.41, 5.74) is 0.992. The highest BCUT2D eigenvalue weighted by atomic mass is 31.1. The molecule has 0 amide bonds. The second kappa shape index (κ2) is 5.81. The minimum atomic E-state index is 0.989. The van der Waals surface area contributed by atoms with Crippen molar-refractivity contribution in [3.8, 4) is 0 Å². The molecule has 3 atom stereocenters. The first-order chi connectivity index (χ1) is 6.27. The van der Waals surface area contributed by atoms with Gasteiger partial charge in [-0.25, -0.2) is 0 Å². The Morgan fingerprint density at radius 1 is 1.31 bits per heavy atom. The van der Waals surface area contributed by atoms with E-state index in [0.717, 1.165) is 17.5 Å². The van der Waals surface area contributed by atoms with Crippen LogP contribution in [0.15, 0.2) is 0 Å². The van der Waals surface area contributed by atoms with Crippen LogP contribution in [0.1, 0.15) is 52.9 Å². The molecule has 1 heteroatoms. The summed E-state index contributed by atoms with van der Waals surface area (Å²) in [5, 5.41) is 0. The molecule has 0 bridgehead atoms. The quantitative estimate of drug-likeness (QED) is 0.589. The van der Waals surface area contributed by atoms with Crippen LogP contribution in [-0.4, -0.2) is 11.5 Å². The number of hydrogen-bond acceptors (Lipinski definition) is 0. The van der Waals surface area contributed by atoms with E-state index in [4.69, 9.17) is 0 Å². The summed E-state index contributed by atoms with van der Waals surface area (Å²) in [6, 6.07) is 0. The smallest absolute Gasteiger partial charge is 0.00111 e. The fourth-order valence-electron chi connectivity index (χ4n) is 2.45. The highest BCUT2D eigenvalue weighted by molar-refractivity contribution is 7.39. The lowest BCUT2D eigenvalue weighted by molar-refractivity contribution is 0.388. The molecule has 76 valence electrons. The summed E-state index contributed by atoms with van der Waals surface area (Å²) in [5.74, 6) is 4.46. The first-order valence-electron chi connectivity index (χ1n) is 5.79. The molecule has 3 unspecified atom stereocenters. The minimum Gasteiger partial charge on any atom is -0.105 e. The zero-order valence-electron chi connectivity index (χ0n) is 9.29. The number of rotatable bonds is 4. The predicted molar refractivity (Wildman–Crippen MR) is 63.9 cm³/mol. The Labute approximate surface area is 84.9 Å². The summed E-state index contributed by atoms with van der Waals surface area (Å²) in [4.78, 5) is 0. The molecule has 13 heavy (non-hydrogen) atoms. The predicted octanol–water partition coefficient (Wildman–Crippen LogP) is 4.36. The summed E-state index contributed by atoms with van der Waals surface area (Å²) in [6.45, 7) is 7.01. The molecular formula is C12H23P. The van der Waals surface area contributed by atoms with Crippen molar-refractivity contribution >= 4 is 14.0 Å². The van der Waals surface area contributed by atoms with Crippen molar-refractivity contribution in [2.24, 2.45) is 11.8 Å². The molecule has 1 saturated carbocycles. The molecule has 0 saturated heterocycles. The van der Waals surface area contributed by atoms with E-state index in [2.05, 4.69) is 26.6 Å². The molecule has 1 aliphatic carbocycles. The molecule has 0 N–H and O–H groups in total. The molecule has 0 aromatic rings. The first-order valence-corrected chi connectivity index (χ1v) is 6.82. The van der Waals surface area contributed by atoms with E-state index in [-0.39, 0.29) is 0 Å². The Morgan fingerprint density at radius 2 is 2.08 bits per heavy atom. The summed E-state index contributed by atoms with van der Waals surface area (Å²) in [6.07, 6.45) is 7.04. The average Bonchev–Trinajstić information content (AvgIpc) is 2.45. The van der Waals surface area contributed by atoms with Gasteiger partial charge < -0.3 is 0 Å². The third kappa shape index (κ3) is 3.43. The minimum absolute atomic E-state index is 0.989. The van der Waals surface area contributed by atoms with Crippen LogP contribution in [0.25, 0.3) is 0 Å². The Morgan fingerprint density at radius 3 is 2.69 bits per heavy atom. The standard InChI is InChI=1S/C12H23P/c1-4-6-11-9-12(8-10(11)3)13-7-5-2/h7,10-12H,4-6,8-9H2,1-3H3. The van der Waals surface area contributed by atoms with Gasteiger partial charge in [-0.05, 0) is 31.1 Å². The van der Waals surface area contributed by atoms with E-state index in [0.29, 0.717) is 0 Å². The van der Waals surface area contributed by atoms with Gasteiger partial charge in [-0.1, -0.05) is 39.4 Å². The monoisotopic (exact) mass is 198 g/mol. The van der Waals surface area contributed by atoms with E-state index < -0.39 is 0 Å². The topological polar surface area (TPSA) is 0 Å². The lowest BCUT2D eigenvalue weighted by Gasteiger charge is -2.12. The normalized spacial score (nSPS) is 34.5. The van der Waals surface area contributed by atoms with Gasteiger partial charge in [-0.2, -0.15) is 0 Å². The zero-order chi connectivity index (χ0) is 9.68. The molecule has 1 fully saturated rings. The summed E-state index contributed by atoms with van der Waals surface area (Å²) < 4.78 is 0. The van der Waals surface area contributed by atoms with Crippen LogP contribution in [-0.2, 0) is 0 Å². The van der Waals surface area contributed by atoms with Gasteiger partial charge in [-0.3, -0.25) is 0 Å². The fourth-order valence-corrected chi connectivity index (χ4v) is 3.80. The Hall–Kier alpha value is 0.170. The molecule has 0 aliphatic heterocycles. The highest BCUT2D eigenvalue weighted by Crippen LogP contribution is 2.40. The summed E-state index contributed by atoms with van der Waals surface area (Å²) in [7, 11) is 1.61. The van der Waals surface area contributed by atoms with E-state index in [1.807, 2.05) is 0 Å². The van der Waals surface area contributed by atoms with Crippen molar-refractivity contribution in [3.05, 3.63) is 0 Å². The Bertz CT molecular complexity index is 163. The SMILES string of the molecule is CCC=PC1CC(C)C(CCC)C1. The van der Waals surface area contributed by atoms with Crippen molar-refractivity contribution < 1.29 is 0 Å². The van der Waals surface area contributed by atoms with E-state index in [9.17, 15) is 0 Å². The van der Waals surface area contributed by atoms with Gasteiger partial charge in [0.2, 0.25) is 0 Å². The van der Waals surface area contributed by atoms with Crippen molar-refractivity contribution in [3.63, 3.8) is 0 Å². The van der Waals surface area contributed by atoms with Gasteiger partial charge >= 0.3 is 0 Å². The van der Waals surface area contributed by atoms with Crippen molar-refractivity contribution in [1.82, 2.24) is 0 Å². The van der Waals surface area contributed by atoms with Crippen LogP contribution in [0.2, 0.25) is 0 Å².